The summed E-state index contributed by atoms with van der Waals surface area (Å²) in [7, 11) is 0. The average Bonchev–Trinajstić information content (AvgIpc) is 2.53. The Morgan fingerprint density at radius 3 is 2.27 bits per heavy atom. The molecule has 0 fully saturated rings. The zero-order chi connectivity index (χ0) is 16.6. The summed E-state index contributed by atoms with van der Waals surface area (Å²) in [5.74, 6) is 0. The summed E-state index contributed by atoms with van der Waals surface area (Å²) in [5, 5.41) is 0.830. The van der Waals surface area contributed by atoms with Crippen molar-refractivity contribution in [3.05, 3.63) is 35.9 Å². The Balaban J connectivity index is 3.18. The van der Waals surface area contributed by atoms with Crippen LogP contribution < -0.4 is 5.43 Å². The quantitative estimate of drug-likeness (QED) is 0.666. The molecule has 1 aromatic carbocycles. The number of nitrogens with zero attached hydrogens (tertiary/aromatic N) is 1. The highest BCUT2D eigenvalue weighted by Gasteiger charge is 2.40. The van der Waals surface area contributed by atoms with E-state index in [0.717, 1.165) is 5.01 Å². The van der Waals surface area contributed by atoms with E-state index in [-0.39, 0.29) is 13.2 Å². The molecule has 0 bridgehead atoms. The van der Waals surface area contributed by atoms with E-state index in [1.54, 1.807) is 44.2 Å². The Morgan fingerprint density at radius 1 is 1.18 bits per heavy atom. The van der Waals surface area contributed by atoms with Crippen LogP contribution in [0.1, 0.15) is 26.3 Å². The van der Waals surface area contributed by atoms with Crippen molar-refractivity contribution in [3.8, 4) is 0 Å². The van der Waals surface area contributed by atoms with Crippen molar-refractivity contribution < 1.29 is 23.9 Å². The van der Waals surface area contributed by atoms with Gasteiger partial charge in [0.1, 0.15) is 5.54 Å². The normalized spacial score (nSPS) is 12.7. The highest BCUT2D eigenvalue weighted by molar-refractivity contribution is 5.80. The van der Waals surface area contributed by atoms with Gasteiger partial charge in [0, 0.05) is 0 Å². The number of aldehydes is 1. The van der Waals surface area contributed by atoms with Crippen molar-refractivity contribution in [3.63, 3.8) is 0 Å². The third-order valence-corrected chi connectivity index (χ3v) is 2.98. The number of hydrogen-bond acceptors (Lipinski definition) is 5. The van der Waals surface area contributed by atoms with Gasteiger partial charge in [-0.15, -0.1) is 0 Å². The van der Waals surface area contributed by atoms with E-state index in [1.165, 1.54) is 6.92 Å². The molecule has 0 aliphatic heterocycles. The lowest BCUT2D eigenvalue weighted by Gasteiger charge is -2.35. The largest absolute Gasteiger partial charge is 0.449 e. The maximum Gasteiger partial charge on any atom is 0.430 e. The zero-order valence-electron chi connectivity index (χ0n) is 12.9. The molecule has 22 heavy (non-hydrogen) atoms. The van der Waals surface area contributed by atoms with Gasteiger partial charge < -0.3 is 14.3 Å². The standard InChI is InChI=1S/C15H20N2O5/c1-4-21-13(19)16-17(14(20)22-5-2)15(3,11-18)12-9-7-6-8-10-12/h6-11H,4-5H2,1-3H3,(H,16,19). The molecule has 7 heteroatoms. The van der Waals surface area contributed by atoms with Crippen LogP contribution in [-0.2, 0) is 19.8 Å². The van der Waals surface area contributed by atoms with Crippen molar-refractivity contribution in [1.29, 1.82) is 0 Å². The summed E-state index contributed by atoms with van der Waals surface area (Å²) < 4.78 is 9.67. The van der Waals surface area contributed by atoms with E-state index >= 15 is 0 Å². The van der Waals surface area contributed by atoms with E-state index in [0.29, 0.717) is 11.8 Å². The fraction of sp³-hybridized carbons (Fsp3) is 0.400. The fourth-order valence-electron chi connectivity index (χ4n) is 1.82. The number of nitrogens with one attached hydrogen (secondary N) is 1. The summed E-state index contributed by atoms with van der Waals surface area (Å²) in [5.41, 5.74) is 1.35. The van der Waals surface area contributed by atoms with Crippen molar-refractivity contribution in [2.45, 2.75) is 26.3 Å². The third kappa shape index (κ3) is 3.97. The van der Waals surface area contributed by atoms with E-state index in [2.05, 4.69) is 5.43 Å². The van der Waals surface area contributed by atoms with Gasteiger partial charge in [0.15, 0.2) is 6.29 Å². The molecular weight excluding hydrogens is 288 g/mol. The van der Waals surface area contributed by atoms with Crippen LogP contribution in [0.25, 0.3) is 0 Å². The van der Waals surface area contributed by atoms with Crippen molar-refractivity contribution in [2.24, 2.45) is 0 Å². The minimum atomic E-state index is -1.43. The lowest BCUT2D eigenvalue weighted by molar-refractivity contribution is -0.119. The number of ether oxygens (including phenoxy) is 2. The summed E-state index contributed by atoms with van der Waals surface area (Å²) in [6, 6.07) is 8.58. The first-order valence-corrected chi connectivity index (χ1v) is 6.91. The first-order chi connectivity index (χ1) is 10.5. The predicted molar refractivity (Wildman–Crippen MR) is 78.9 cm³/mol. The minimum Gasteiger partial charge on any atom is -0.449 e. The van der Waals surface area contributed by atoms with Gasteiger partial charge in [0.05, 0.1) is 13.2 Å². The number of carbonyl (C=O) groups is 3. The maximum absolute atomic E-state index is 12.1. The van der Waals surface area contributed by atoms with Crippen molar-refractivity contribution in [1.82, 2.24) is 10.4 Å². The molecule has 1 unspecified atom stereocenters. The van der Waals surface area contributed by atoms with Gasteiger partial charge in [-0.05, 0) is 26.3 Å². The number of hydrogen-bond donors (Lipinski definition) is 1. The van der Waals surface area contributed by atoms with Crippen LogP contribution in [0.4, 0.5) is 9.59 Å². The van der Waals surface area contributed by atoms with E-state index in [9.17, 15) is 14.4 Å². The lowest BCUT2D eigenvalue weighted by Crippen LogP contribution is -2.58. The molecule has 1 N–H and O–H groups in total. The monoisotopic (exact) mass is 308 g/mol. The zero-order valence-corrected chi connectivity index (χ0v) is 12.9. The van der Waals surface area contributed by atoms with Crippen LogP contribution in [0, 0.1) is 0 Å². The Labute approximate surface area is 129 Å². The molecule has 120 valence electrons. The van der Waals surface area contributed by atoms with Gasteiger partial charge in [-0.1, -0.05) is 30.3 Å². The third-order valence-electron chi connectivity index (χ3n) is 2.98. The smallest absolute Gasteiger partial charge is 0.430 e. The number of carbonyl (C=O) groups excluding carboxylic acids is 3. The number of benzene rings is 1. The predicted octanol–water partition coefficient (Wildman–Crippen LogP) is 2.22. The van der Waals surface area contributed by atoms with Gasteiger partial charge >= 0.3 is 12.2 Å². The molecule has 1 aromatic rings. The average molecular weight is 308 g/mol. The first kappa shape index (κ1) is 17.5. The SMILES string of the molecule is CCOC(=O)NN(C(=O)OCC)C(C)(C=O)c1ccccc1. The van der Waals surface area contributed by atoms with Gasteiger partial charge in [0.2, 0.25) is 0 Å². The molecule has 7 nitrogen and oxygen atoms in total. The van der Waals surface area contributed by atoms with Gasteiger partial charge in [-0.3, -0.25) is 0 Å². The van der Waals surface area contributed by atoms with E-state index < -0.39 is 17.7 Å². The number of amides is 2. The molecule has 0 aliphatic rings. The Bertz CT molecular complexity index is 520. The highest BCUT2D eigenvalue weighted by atomic mass is 16.6. The molecule has 0 aromatic heterocycles. The number of hydrazine groups is 1. The van der Waals surface area contributed by atoms with Crippen LogP contribution in [0.5, 0.6) is 0 Å². The Kier molecular flexibility index (Phi) is 6.37. The molecule has 0 saturated carbocycles. The molecule has 1 rings (SSSR count). The Morgan fingerprint density at radius 2 is 1.77 bits per heavy atom. The van der Waals surface area contributed by atoms with Crippen LogP contribution in [0.2, 0.25) is 0 Å². The Hall–Kier alpha value is -2.57. The number of rotatable bonds is 5. The molecule has 0 spiro atoms. The van der Waals surface area contributed by atoms with E-state index in [1.807, 2.05) is 0 Å². The second kappa shape index (κ2) is 8.02. The molecule has 1 atom stereocenters. The molecular formula is C15H20N2O5. The molecule has 0 saturated heterocycles. The lowest BCUT2D eigenvalue weighted by atomic mass is 9.93. The van der Waals surface area contributed by atoms with Crippen LogP contribution in [0.3, 0.4) is 0 Å². The van der Waals surface area contributed by atoms with E-state index in [4.69, 9.17) is 9.47 Å². The van der Waals surface area contributed by atoms with Crippen LogP contribution >= 0.6 is 0 Å². The first-order valence-electron chi connectivity index (χ1n) is 6.91. The fourth-order valence-corrected chi connectivity index (χ4v) is 1.82. The topological polar surface area (TPSA) is 84.9 Å². The van der Waals surface area contributed by atoms with Crippen molar-refractivity contribution >= 4 is 18.5 Å². The molecule has 0 radical (unpaired) electrons. The second-order valence-corrected chi connectivity index (χ2v) is 4.50. The second-order valence-electron chi connectivity index (χ2n) is 4.50. The molecule has 2 amide bonds. The van der Waals surface area contributed by atoms with Crippen LogP contribution in [0.15, 0.2) is 30.3 Å². The van der Waals surface area contributed by atoms with Gasteiger partial charge in [-0.25, -0.2) is 15.0 Å². The summed E-state index contributed by atoms with van der Waals surface area (Å²) in [4.78, 5) is 35.5. The minimum absolute atomic E-state index is 0.101. The molecule has 0 heterocycles. The summed E-state index contributed by atoms with van der Waals surface area (Å²) in [6.45, 7) is 4.99. The van der Waals surface area contributed by atoms with Crippen molar-refractivity contribution in [2.75, 3.05) is 13.2 Å². The highest BCUT2D eigenvalue weighted by Crippen LogP contribution is 2.25. The maximum atomic E-state index is 12.1. The van der Waals surface area contributed by atoms with Gasteiger partial charge in [-0.2, -0.15) is 5.01 Å². The summed E-state index contributed by atoms with van der Waals surface area (Å²) in [6.07, 6.45) is -1.14. The van der Waals surface area contributed by atoms with Gasteiger partial charge in [0.25, 0.3) is 0 Å². The molecule has 0 aliphatic carbocycles. The van der Waals surface area contributed by atoms with Crippen LogP contribution in [-0.4, -0.2) is 36.7 Å². The summed E-state index contributed by atoms with van der Waals surface area (Å²) >= 11 is 0.